The molecule has 31 heteroatoms. The van der Waals surface area contributed by atoms with Gasteiger partial charge in [-0.2, -0.15) is 0 Å². The van der Waals surface area contributed by atoms with Crippen LogP contribution in [-0.4, -0.2) is 164 Å². The summed E-state index contributed by atoms with van der Waals surface area (Å²) in [5.41, 5.74) is 23.0. The molecule has 0 saturated carbocycles. The molecule has 3 aromatic rings. The number of ketones is 1. The summed E-state index contributed by atoms with van der Waals surface area (Å²) >= 11 is 2.96. The van der Waals surface area contributed by atoms with Crippen LogP contribution < -0.4 is 0 Å². The number of carboxylic acid groups (broad SMARTS) is 4. The van der Waals surface area contributed by atoms with E-state index in [1.54, 1.807) is 18.7 Å². The number of carbonyl (C=O) groups excluding carboxylic acids is 10. The van der Waals surface area contributed by atoms with E-state index in [9.17, 15) is 24.0 Å². The molecule has 3 heterocycles. The number of carbonyl (C=O) groups is 5. The average Bonchev–Trinajstić information content (AvgIpc) is 4.11. The molecule has 0 aliphatic carbocycles. The van der Waals surface area contributed by atoms with Gasteiger partial charge in [0.15, 0.2) is 0 Å². The summed E-state index contributed by atoms with van der Waals surface area (Å²) in [7, 11) is 0. The Kier molecular flexibility index (Phi) is 114. The quantitative estimate of drug-likeness (QED) is 0.0849. The summed E-state index contributed by atoms with van der Waals surface area (Å²) in [6.45, 7) is 33.3. The fourth-order valence-corrected chi connectivity index (χ4v) is 2.73. The molecule has 3 radical (unpaired) electrons. The number of halogens is 1. The maximum atomic E-state index is 10.4. The molecule has 3 atom stereocenters. The number of Topliss-reactive ketones (excluding diaryl/α,β-unsaturated/α-hetero) is 1. The summed E-state index contributed by atoms with van der Waals surface area (Å²) in [6.07, 6.45) is 9.49. The van der Waals surface area contributed by atoms with Gasteiger partial charge < -0.3 is 94.9 Å². The van der Waals surface area contributed by atoms with Crippen molar-refractivity contribution in [3.63, 3.8) is 0 Å². The van der Waals surface area contributed by atoms with Crippen LogP contribution in [0.2, 0.25) is 0 Å². The van der Waals surface area contributed by atoms with E-state index in [0.717, 1.165) is 6.54 Å². The molecule has 0 spiro atoms. The number of H-pyrrole nitrogens is 1. The van der Waals surface area contributed by atoms with Crippen LogP contribution in [0.5, 0.6) is 0 Å². The Bertz CT molecular complexity index is 1470. The predicted molar refractivity (Wildman–Crippen MR) is 220 cm³/mol. The first-order valence-electron chi connectivity index (χ1n) is 14.8. The summed E-state index contributed by atoms with van der Waals surface area (Å²) in [6, 6.07) is -3.49. The van der Waals surface area contributed by atoms with Gasteiger partial charge in [-0.05, 0) is 51.2 Å². The van der Waals surface area contributed by atoms with Crippen LogP contribution in [0.25, 0.3) is 17.2 Å². The normalized spacial score (nSPS) is 8.71. The second-order valence-corrected chi connectivity index (χ2v) is 9.37. The Morgan fingerprint density at radius 2 is 0.862 bits per heavy atom. The van der Waals surface area contributed by atoms with E-state index in [1.807, 2.05) is 11.5 Å². The second kappa shape index (κ2) is 79.0. The second-order valence-electron chi connectivity index (χ2n) is 8.81. The molecule has 0 amide bonds. The van der Waals surface area contributed by atoms with Crippen LogP contribution in [-0.2, 0) is 161 Å². The molecule has 0 bridgehead atoms. The Labute approximate surface area is 423 Å². The van der Waals surface area contributed by atoms with Crippen molar-refractivity contribution in [1.82, 2.24) is 29.1 Å². The SMILES string of the molecule is CC(=O)CBr.CCn1cnc(C[C@H]([NH-])C(=O)O)c1.[CH-]=O.[CH-]=O.[CH-]=O.[CH-]=O.[CH-]=O.[CH-]=O.[CH-]=O.[CH-]=O.[CH-]=O.[NH-][C@@H](Cc1c[nH]cn1)C(=O)O.[NH-][C@@H](Cc1cn(CC(=O)O)cn1)C(=O)O.[Re].[Re].[Re]. The Morgan fingerprint density at radius 1 is 0.585 bits per heavy atom. The van der Waals surface area contributed by atoms with Gasteiger partial charge in [0.05, 0.1) is 41.4 Å². The van der Waals surface area contributed by atoms with Crippen molar-refractivity contribution < 1.29 is 149 Å². The van der Waals surface area contributed by atoms with Gasteiger partial charge in [-0.25, -0.2) is 15.0 Å². The molecule has 373 valence electrons. The number of aromatic amines is 1. The zero-order valence-corrected chi connectivity index (χ0v) is 43.6. The first-order valence-corrected chi connectivity index (χ1v) is 15.9. The van der Waals surface area contributed by atoms with Gasteiger partial charge in [0.1, 0.15) is 12.3 Å². The van der Waals surface area contributed by atoms with Crippen LogP contribution in [0.1, 0.15) is 30.9 Å². The maximum absolute atomic E-state index is 10.4. The number of alkyl halides is 1. The zero-order chi connectivity index (χ0) is 51.8. The number of imidazole rings is 3. The fourth-order valence-electron chi connectivity index (χ4n) is 2.73. The smallest absolute Gasteiger partial charge is 0.323 e. The zero-order valence-electron chi connectivity index (χ0n) is 33.9. The molecule has 3 rings (SSSR count). The first kappa shape index (κ1) is 94.2. The number of aliphatic carboxylic acids is 4. The van der Waals surface area contributed by atoms with Gasteiger partial charge in [-0.3, -0.25) is 85.1 Å². The molecule has 0 aliphatic heterocycles. The summed E-state index contributed by atoms with van der Waals surface area (Å²) in [5.74, 6) is -4.27. The van der Waals surface area contributed by atoms with Gasteiger partial charge >= 0.3 is 5.97 Å². The molecule has 8 N–H and O–H groups in total. The number of carboxylic acids is 4. The minimum absolute atomic E-state index is 0. The largest absolute Gasteiger partial charge is 0.665 e. The minimum Gasteiger partial charge on any atom is -0.665 e. The Balaban J connectivity index is -0.0000000455. The third-order valence-corrected chi connectivity index (χ3v) is 5.72. The molecule has 0 aromatic carbocycles. The molecular formula is C34H44BrN9O18Re3-12. The Hall–Kier alpha value is -5.44. The molecule has 0 fully saturated rings. The van der Waals surface area contributed by atoms with E-state index in [-0.39, 0.29) is 92.9 Å². The Morgan fingerprint density at radius 3 is 1.08 bits per heavy atom. The van der Waals surface area contributed by atoms with Crippen LogP contribution in [0.4, 0.5) is 0 Å². The van der Waals surface area contributed by atoms with Crippen molar-refractivity contribution in [2.24, 2.45) is 0 Å². The van der Waals surface area contributed by atoms with Crippen molar-refractivity contribution in [2.45, 2.75) is 64.3 Å². The topological polar surface area (TPSA) is 456 Å². The van der Waals surface area contributed by atoms with E-state index in [4.69, 9.17) is 80.8 Å². The number of hydrogen-bond donors (Lipinski definition) is 5. The standard InChI is InChI=1S/C8H10N3O4.C8H12N3O2.C6H8N3O2.C3H5BrO.9CHO.3Re/c9-6(8(14)15)1-5-2-11(4-10-5)3-7(12)13;1-2-11-4-6(10-5-11)3-7(9)8(12)13;7-5(6(10)11)1-4-2-8-3-9-4;1-3(5)2-4;9*1-2;;;/h2,4,6,9H,1,3H2,(H,12,13)(H,14,15);4-5,7,9H,2-3H2,1H3,(H,12,13);2-3,5,7H,1H2,(H,8,9)(H,10,11);2H2,1H3;9*1H;;;/q3*-1;;9*-1;;;/t6-;7-;5-;;;;;;;;;;;;;/m000............./s1. The van der Waals surface area contributed by atoms with Crippen LogP contribution >= 0.6 is 15.9 Å². The van der Waals surface area contributed by atoms with Gasteiger partial charge in [0.2, 0.25) is 0 Å². The number of aryl methyl sites for hydroxylation is 1. The van der Waals surface area contributed by atoms with Crippen molar-refractivity contribution >= 4 is 107 Å². The van der Waals surface area contributed by atoms with E-state index >= 15 is 0 Å². The predicted octanol–water partition coefficient (Wildman–Crippen LogP) is -0.0800. The molecule has 0 saturated heterocycles. The van der Waals surface area contributed by atoms with E-state index in [2.05, 4.69) is 97.0 Å². The molecule has 0 unspecified atom stereocenters. The van der Waals surface area contributed by atoms with Crippen molar-refractivity contribution in [2.75, 3.05) is 5.33 Å². The first-order chi connectivity index (χ1) is 29.6. The molecular weight excluding hydrogens is 1460 g/mol. The maximum Gasteiger partial charge on any atom is 0.323 e. The number of hydrogen-bond acceptors (Lipinski definition) is 17. The number of nitrogens with zero attached hydrogens (tertiary/aromatic N) is 5. The number of rotatable bonds is 13. The van der Waals surface area contributed by atoms with Gasteiger partial charge in [-0.15, -0.1) is 0 Å². The molecule has 3 aromatic heterocycles. The van der Waals surface area contributed by atoms with Gasteiger partial charge in [-0.1, -0.05) is 15.9 Å². The third kappa shape index (κ3) is 70.5. The molecule has 27 nitrogen and oxygen atoms in total. The average molecular weight is 1510 g/mol. The molecule has 65 heavy (non-hydrogen) atoms. The number of nitrogens with one attached hydrogen (secondary N) is 4. The summed E-state index contributed by atoms with van der Waals surface area (Å²) in [5, 5.41) is 34.3. The van der Waals surface area contributed by atoms with Crippen molar-refractivity contribution in [3.8, 4) is 0 Å². The summed E-state index contributed by atoms with van der Waals surface area (Å²) in [4.78, 5) is 135. The monoisotopic (exact) mass is 1510 g/mol. The number of aromatic nitrogens is 6. The van der Waals surface area contributed by atoms with E-state index in [1.165, 1.54) is 30.3 Å². The van der Waals surface area contributed by atoms with Crippen molar-refractivity contribution in [3.05, 3.63) is 71.9 Å². The van der Waals surface area contributed by atoms with E-state index in [0.29, 0.717) is 22.4 Å². The molecule has 0 aliphatic rings. The van der Waals surface area contributed by atoms with Crippen LogP contribution in [0, 0.1) is 0 Å². The van der Waals surface area contributed by atoms with Crippen molar-refractivity contribution in [1.29, 1.82) is 0 Å². The summed E-state index contributed by atoms with van der Waals surface area (Å²) < 4.78 is 3.18. The fraction of sp³-hybridized carbons (Fsp3) is 0.324. The van der Waals surface area contributed by atoms with Gasteiger partial charge in [0, 0.05) is 86.4 Å². The van der Waals surface area contributed by atoms with E-state index < -0.39 is 42.0 Å². The van der Waals surface area contributed by atoms with Crippen LogP contribution in [0.15, 0.2) is 37.6 Å². The third-order valence-electron chi connectivity index (χ3n) is 4.93. The van der Waals surface area contributed by atoms with Crippen LogP contribution in [0.3, 0.4) is 0 Å². The van der Waals surface area contributed by atoms with Gasteiger partial charge in [0.25, 0.3) is 17.9 Å². The minimum atomic E-state index is -1.27.